The minimum absolute atomic E-state index is 0.786. The third-order valence-electron chi connectivity index (χ3n) is 3.85. The van der Waals surface area contributed by atoms with Crippen molar-refractivity contribution >= 4 is 0 Å². The Morgan fingerprint density at radius 3 is 3.12 bits per heavy atom. The van der Waals surface area contributed by atoms with Gasteiger partial charge in [0.2, 0.25) is 0 Å². The summed E-state index contributed by atoms with van der Waals surface area (Å²) in [6, 6.07) is 0. The van der Waals surface area contributed by atoms with Gasteiger partial charge in [-0.05, 0) is 63.1 Å². The maximum absolute atomic E-state index is 4.51. The van der Waals surface area contributed by atoms with E-state index < -0.39 is 0 Å². The van der Waals surface area contributed by atoms with Gasteiger partial charge in [0, 0.05) is 11.4 Å². The fourth-order valence-electron chi connectivity index (χ4n) is 2.97. The van der Waals surface area contributed by atoms with Crippen LogP contribution in [0.2, 0.25) is 0 Å². The average Bonchev–Trinajstić information content (AvgIpc) is 2.80. The van der Waals surface area contributed by atoms with Crippen LogP contribution in [0.5, 0.6) is 0 Å². The molecule has 1 atom stereocenters. The SMILES string of the molecule is c1nc2c(c(CC3CCCNC3)n1)CCC2. The zero-order chi connectivity index (χ0) is 10.8. The lowest BCUT2D eigenvalue weighted by Gasteiger charge is -2.23. The lowest BCUT2D eigenvalue weighted by molar-refractivity contribution is 0.372. The molecule has 0 spiro atoms. The van der Waals surface area contributed by atoms with Gasteiger partial charge in [-0.1, -0.05) is 0 Å². The summed E-state index contributed by atoms with van der Waals surface area (Å²) in [5, 5.41) is 3.48. The van der Waals surface area contributed by atoms with E-state index in [1.807, 2.05) is 0 Å². The van der Waals surface area contributed by atoms with E-state index in [1.165, 1.54) is 55.7 Å². The maximum atomic E-state index is 4.51. The zero-order valence-electron chi connectivity index (χ0n) is 9.71. The summed E-state index contributed by atoms with van der Waals surface area (Å²) in [7, 11) is 0. The molecular weight excluding hydrogens is 198 g/mol. The number of fused-ring (bicyclic) bond motifs is 1. The first kappa shape index (κ1) is 10.2. The maximum Gasteiger partial charge on any atom is 0.115 e. The van der Waals surface area contributed by atoms with Crippen molar-refractivity contribution in [2.24, 2.45) is 5.92 Å². The molecule has 1 aromatic rings. The number of aryl methyl sites for hydroxylation is 1. The summed E-state index contributed by atoms with van der Waals surface area (Å²) in [5.74, 6) is 0.786. The van der Waals surface area contributed by atoms with Crippen LogP contribution in [0.3, 0.4) is 0 Å². The number of nitrogens with one attached hydrogen (secondary N) is 1. The molecule has 0 aromatic carbocycles. The van der Waals surface area contributed by atoms with E-state index in [2.05, 4.69) is 15.3 Å². The standard InChI is InChI=1S/C13H19N3/c1-4-11-12(5-1)15-9-16-13(11)7-10-3-2-6-14-8-10/h9-10,14H,1-8H2. The highest BCUT2D eigenvalue weighted by Gasteiger charge is 2.20. The second-order valence-corrected chi connectivity index (χ2v) is 5.02. The molecule has 0 radical (unpaired) electrons. The van der Waals surface area contributed by atoms with E-state index in [0.717, 1.165) is 18.8 Å². The molecule has 3 rings (SSSR count). The van der Waals surface area contributed by atoms with Gasteiger partial charge in [-0.2, -0.15) is 0 Å². The van der Waals surface area contributed by atoms with Gasteiger partial charge in [-0.3, -0.25) is 0 Å². The summed E-state index contributed by atoms with van der Waals surface area (Å²) in [5.41, 5.74) is 4.11. The Hall–Kier alpha value is -0.960. The van der Waals surface area contributed by atoms with Gasteiger partial charge in [-0.25, -0.2) is 9.97 Å². The lowest BCUT2D eigenvalue weighted by atomic mass is 9.93. The van der Waals surface area contributed by atoms with Crippen LogP contribution in [0, 0.1) is 5.92 Å². The van der Waals surface area contributed by atoms with Crippen LogP contribution in [-0.4, -0.2) is 23.1 Å². The average molecular weight is 217 g/mol. The van der Waals surface area contributed by atoms with Crippen LogP contribution < -0.4 is 5.32 Å². The van der Waals surface area contributed by atoms with Crippen molar-refractivity contribution in [1.82, 2.24) is 15.3 Å². The third kappa shape index (κ3) is 1.96. The topological polar surface area (TPSA) is 37.8 Å². The van der Waals surface area contributed by atoms with E-state index in [1.54, 1.807) is 6.33 Å². The molecule has 1 aromatic heterocycles. The van der Waals surface area contributed by atoms with Gasteiger partial charge < -0.3 is 5.32 Å². The van der Waals surface area contributed by atoms with Crippen molar-refractivity contribution in [3.8, 4) is 0 Å². The molecule has 2 aliphatic rings. The summed E-state index contributed by atoms with van der Waals surface area (Å²) in [4.78, 5) is 8.89. The van der Waals surface area contributed by atoms with E-state index in [0.29, 0.717) is 0 Å². The fourth-order valence-corrected chi connectivity index (χ4v) is 2.97. The Morgan fingerprint density at radius 2 is 2.25 bits per heavy atom. The van der Waals surface area contributed by atoms with Crippen LogP contribution in [0.15, 0.2) is 6.33 Å². The molecular formula is C13H19N3. The molecule has 3 heteroatoms. The van der Waals surface area contributed by atoms with E-state index in [9.17, 15) is 0 Å². The number of piperidine rings is 1. The fraction of sp³-hybridized carbons (Fsp3) is 0.692. The molecule has 1 fully saturated rings. The molecule has 0 amide bonds. The summed E-state index contributed by atoms with van der Waals surface area (Å²) in [6.07, 6.45) is 9.21. The van der Waals surface area contributed by atoms with Crippen LogP contribution in [-0.2, 0) is 19.3 Å². The predicted molar refractivity (Wildman–Crippen MR) is 63.4 cm³/mol. The van der Waals surface area contributed by atoms with Gasteiger partial charge in [0.05, 0.1) is 0 Å². The first-order valence-electron chi connectivity index (χ1n) is 6.46. The Bertz CT molecular complexity index is 369. The molecule has 2 heterocycles. The first-order chi connectivity index (χ1) is 7.93. The monoisotopic (exact) mass is 217 g/mol. The lowest BCUT2D eigenvalue weighted by Crippen LogP contribution is -2.31. The minimum atomic E-state index is 0.786. The molecule has 1 saturated heterocycles. The van der Waals surface area contributed by atoms with Crippen molar-refractivity contribution < 1.29 is 0 Å². The van der Waals surface area contributed by atoms with Gasteiger partial charge >= 0.3 is 0 Å². The Morgan fingerprint density at radius 1 is 1.25 bits per heavy atom. The van der Waals surface area contributed by atoms with Crippen LogP contribution >= 0.6 is 0 Å². The van der Waals surface area contributed by atoms with E-state index in [4.69, 9.17) is 0 Å². The van der Waals surface area contributed by atoms with Crippen LogP contribution in [0.1, 0.15) is 36.2 Å². The second kappa shape index (κ2) is 4.50. The highest BCUT2D eigenvalue weighted by Crippen LogP contribution is 2.25. The summed E-state index contributed by atoms with van der Waals surface area (Å²) >= 11 is 0. The molecule has 3 nitrogen and oxygen atoms in total. The Kier molecular flexibility index (Phi) is 2.87. The predicted octanol–water partition coefficient (Wildman–Crippen LogP) is 1.51. The van der Waals surface area contributed by atoms with Crippen molar-refractivity contribution in [2.75, 3.05) is 13.1 Å². The van der Waals surface area contributed by atoms with Crippen molar-refractivity contribution in [3.05, 3.63) is 23.3 Å². The molecule has 16 heavy (non-hydrogen) atoms. The second-order valence-electron chi connectivity index (χ2n) is 5.02. The zero-order valence-corrected chi connectivity index (χ0v) is 9.71. The number of rotatable bonds is 2. The van der Waals surface area contributed by atoms with Gasteiger partial charge in [0.25, 0.3) is 0 Å². The number of hydrogen-bond donors (Lipinski definition) is 1. The van der Waals surface area contributed by atoms with Gasteiger partial charge in [-0.15, -0.1) is 0 Å². The molecule has 0 bridgehead atoms. The third-order valence-corrected chi connectivity index (χ3v) is 3.85. The molecule has 1 aliphatic heterocycles. The van der Waals surface area contributed by atoms with E-state index >= 15 is 0 Å². The smallest absolute Gasteiger partial charge is 0.115 e. The summed E-state index contributed by atoms with van der Waals surface area (Å²) < 4.78 is 0. The normalized spacial score (nSPS) is 24.4. The number of aromatic nitrogens is 2. The summed E-state index contributed by atoms with van der Waals surface area (Å²) in [6.45, 7) is 2.36. The molecule has 1 N–H and O–H groups in total. The number of nitrogens with zero attached hydrogens (tertiary/aromatic N) is 2. The Balaban J connectivity index is 1.76. The van der Waals surface area contributed by atoms with Crippen LogP contribution in [0.4, 0.5) is 0 Å². The van der Waals surface area contributed by atoms with Crippen molar-refractivity contribution in [3.63, 3.8) is 0 Å². The van der Waals surface area contributed by atoms with Crippen molar-refractivity contribution in [2.45, 2.75) is 38.5 Å². The quantitative estimate of drug-likeness (QED) is 0.816. The van der Waals surface area contributed by atoms with Crippen LogP contribution in [0.25, 0.3) is 0 Å². The Labute approximate surface area is 96.7 Å². The van der Waals surface area contributed by atoms with Gasteiger partial charge in [0.1, 0.15) is 6.33 Å². The van der Waals surface area contributed by atoms with Crippen molar-refractivity contribution in [1.29, 1.82) is 0 Å². The number of hydrogen-bond acceptors (Lipinski definition) is 3. The first-order valence-corrected chi connectivity index (χ1v) is 6.46. The molecule has 1 unspecified atom stereocenters. The van der Waals surface area contributed by atoms with Gasteiger partial charge in [0.15, 0.2) is 0 Å². The largest absolute Gasteiger partial charge is 0.316 e. The highest BCUT2D eigenvalue weighted by atomic mass is 14.9. The highest BCUT2D eigenvalue weighted by molar-refractivity contribution is 5.29. The minimum Gasteiger partial charge on any atom is -0.316 e. The van der Waals surface area contributed by atoms with E-state index in [-0.39, 0.29) is 0 Å². The molecule has 86 valence electrons. The molecule has 1 aliphatic carbocycles. The molecule has 0 saturated carbocycles.